The average Bonchev–Trinajstić information content (AvgIpc) is 2.69. The molecule has 2 rings (SSSR count). The standard InChI is InChI=1S/C12H18O2S/c1-14-11-3-2-5-12(13,8-11)7-10-4-6-15-9-10/h4,6,9,11,13H,2-3,5,7-8H2,1H3. The third-order valence-corrected chi connectivity index (χ3v) is 3.95. The van der Waals surface area contributed by atoms with Crippen molar-refractivity contribution in [3.63, 3.8) is 0 Å². The van der Waals surface area contributed by atoms with Crippen molar-refractivity contribution in [3.8, 4) is 0 Å². The number of methoxy groups -OCH3 is 1. The second kappa shape index (κ2) is 4.64. The maximum atomic E-state index is 10.5. The maximum Gasteiger partial charge on any atom is 0.0712 e. The molecule has 0 amide bonds. The molecule has 3 heteroatoms. The molecule has 2 nitrogen and oxygen atoms in total. The zero-order chi connectivity index (χ0) is 10.7. The second-order valence-electron chi connectivity index (χ2n) is 4.49. The van der Waals surface area contributed by atoms with Crippen LogP contribution in [0, 0.1) is 0 Å². The van der Waals surface area contributed by atoms with Gasteiger partial charge in [0, 0.05) is 20.0 Å². The fourth-order valence-corrected chi connectivity index (χ4v) is 3.09. The molecule has 0 bridgehead atoms. The van der Waals surface area contributed by atoms with E-state index in [1.807, 2.05) is 0 Å². The maximum absolute atomic E-state index is 10.5. The molecule has 2 atom stereocenters. The van der Waals surface area contributed by atoms with Crippen LogP contribution in [0.15, 0.2) is 16.8 Å². The molecule has 1 fully saturated rings. The molecule has 1 heterocycles. The Bertz CT molecular complexity index is 297. The first kappa shape index (κ1) is 11.1. The third-order valence-electron chi connectivity index (χ3n) is 3.22. The summed E-state index contributed by atoms with van der Waals surface area (Å²) in [4.78, 5) is 0. The van der Waals surface area contributed by atoms with Crippen molar-refractivity contribution < 1.29 is 9.84 Å². The Balaban J connectivity index is 1.99. The van der Waals surface area contributed by atoms with E-state index in [2.05, 4.69) is 16.8 Å². The molecule has 15 heavy (non-hydrogen) atoms. The normalized spacial score (nSPS) is 31.7. The summed E-state index contributed by atoms with van der Waals surface area (Å²) in [6, 6.07) is 2.10. The molecule has 0 spiro atoms. The van der Waals surface area contributed by atoms with Gasteiger partial charge in [0.05, 0.1) is 11.7 Å². The van der Waals surface area contributed by atoms with Crippen molar-refractivity contribution in [3.05, 3.63) is 22.4 Å². The molecule has 0 saturated heterocycles. The zero-order valence-electron chi connectivity index (χ0n) is 9.11. The lowest BCUT2D eigenvalue weighted by Crippen LogP contribution is -2.40. The summed E-state index contributed by atoms with van der Waals surface area (Å²) in [5, 5.41) is 14.7. The highest BCUT2D eigenvalue weighted by Gasteiger charge is 2.34. The SMILES string of the molecule is COC1CCCC(O)(Cc2ccsc2)C1. The van der Waals surface area contributed by atoms with Crippen LogP contribution in [-0.4, -0.2) is 23.9 Å². The van der Waals surface area contributed by atoms with E-state index in [9.17, 15) is 5.11 Å². The lowest BCUT2D eigenvalue weighted by Gasteiger charge is -2.36. The molecule has 0 aliphatic heterocycles. The van der Waals surface area contributed by atoms with Gasteiger partial charge >= 0.3 is 0 Å². The molecular weight excluding hydrogens is 208 g/mol. The summed E-state index contributed by atoms with van der Waals surface area (Å²) in [5.41, 5.74) is 0.708. The van der Waals surface area contributed by atoms with Crippen molar-refractivity contribution in [1.82, 2.24) is 0 Å². The van der Waals surface area contributed by atoms with Crippen molar-refractivity contribution in [2.24, 2.45) is 0 Å². The van der Waals surface area contributed by atoms with Gasteiger partial charge in [-0.15, -0.1) is 0 Å². The molecule has 1 saturated carbocycles. The number of rotatable bonds is 3. The van der Waals surface area contributed by atoms with Crippen molar-refractivity contribution in [2.45, 2.75) is 43.8 Å². The van der Waals surface area contributed by atoms with Gasteiger partial charge in [0.15, 0.2) is 0 Å². The van der Waals surface area contributed by atoms with E-state index < -0.39 is 5.60 Å². The molecule has 2 unspecified atom stereocenters. The van der Waals surface area contributed by atoms with Gasteiger partial charge in [0.1, 0.15) is 0 Å². The Morgan fingerprint density at radius 1 is 1.67 bits per heavy atom. The highest BCUT2D eigenvalue weighted by Crippen LogP contribution is 2.33. The Labute approximate surface area is 94.9 Å². The van der Waals surface area contributed by atoms with Gasteiger partial charge in [-0.05, 0) is 41.7 Å². The predicted octanol–water partition coefficient (Wildman–Crippen LogP) is 2.61. The van der Waals surface area contributed by atoms with E-state index in [4.69, 9.17) is 4.74 Å². The minimum absolute atomic E-state index is 0.238. The van der Waals surface area contributed by atoms with Crippen LogP contribution >= 0.6 is 11.3 Å². The van der Waals surface area contributed by atoms with Gasteiger partial charge in [-0.3, -0.25) is 0 Å². The third kappa shape index (κ3) is 2.80. The Kier molecular flexibility index (Phi) is 3.44. The smallest absolute Gasteiger partial charge is 0.0712 e. The van der Waals surface area contributed by atoms with Crippen LogP contribution < -0.4 is 0 Å². The van der Waals surface area contributed by atoms with Crippen LogP contribution in [0.3, 0.4) is 0 Å². The lowest BCUT2D eigenvalue weighted by atomic mass is 9.79. The molecule has 1 aromatic rings. The van der Waals surface area contributed by atoms with Gasteiger partial charge in [-0.1, -0.05) is 0 Å². The number of ether oxygens (including phenoxy) is 1. The highest BCUT2D eigenvalue weighted by atomic mass is 32.1. The van der Waals surface area contributed by atoms with Crippen LogP contribution in [0.2, 0.25) is 0 Å². The van der Waals surface area contributed by atoms with E-state index in [0.29, 0.717) is 0 Å². The first-order valence-electron chi connectivity index (χ1n) is 5.48. The van der Waals surface area contributed by atoms with E-state index in [-0.39, 0.29) is 6.10 Å². The molecule has 1 aliphatic carbocycles. The molecule has 0 radical (unpaired) electrons. The average molecular weight is 226 g/mol. The lowest BCUT2D eigenvalue weighted by molar-refractivity contribution is -0.0580. The van der Waals surface area contributed by atoms with Gasteiger partial charge in [-0.2, -0.15) is 11.3 Å². The predicted molar refractivity (Wildman–Crippen MR) is 62.2 cm³/mol. The van der Waals surface area contributed by atoms with Crippen LogP contribution in [0.5, 0.6) is 0 Å². The zero-order valence-corrected chi connectivity index (χ0v) is 9.93. The largest absolute Gasteiger partial charge is 0.389 e. The fourth-order valence-electron chi connectivity index (χ4n) is 2.42. The number of hydrogen-bond donors (Lipinski definition) is 1. The van der Waals surface area contributed by atoms with Crippen LogP contribution in [-0.2, 0) is 11.2 Å². The van der Waals surface area contributed by atoms with E-state index in [1.54, 1.807) is 18.4 Å². The van der Waals surface area contributed by atoms with Crippen molar-refractivity contribution in [2.75, 3.05) is 7.11 Å². The number of aliphatic hydroxyl groups is 1. The minimum Gasteiger partial charge on any atom is -0.389 e. The monoisotopic (exact) mass is 226 g/mol. The fraction of sp³-hybridized carbons (Fsp3) is 0.667. The Morgan fingerprint density at radius 3 is 3.20 bits per heavy atom. The summed E-state index contributed by atoms with van der Waals surface area (Å²) in [5.74, 6) is 0. The van der Waals surface area contributed by atoms with Crippen molar-refractivity contribution >= 4 is 11.3 Å². The van der Waals surface area contributed by atoms with Gasteiger partial charge in [0.2, 0.25) is 0 Å². The summed E-state index contributed by atoms with van der Waals surface area (Å²) in [6.45, 7) is 0. The molecular formula is C12H18O2S. The van der Waals surface area contributed by atoms with Crippen molar-refractivity contribution in [1.29, 1.82) is 0 Å². The summed E-state index contributed by atoms with van der Waals surface area (Å²) < 4.78 is 5.35. The quantitative estimate of drug-likeness (QED) is 0.858. The molecule has 84 valence electrons. The van der Waals surface area contributed by atoms with E-state index in [0.717, 1.165) is 32.1 Å². The number of hydrogen-bond acceptors (Lipinski definition) is 3. The summed E-state index contributed by atoms with van der Waals surface area (Å²) >= 11 is 1.69. The second-order valence-corrected chi connectivity index (χ2v) is 5.27. The summed E-state index contributed by atoms with van der Waals surface area (Å²) in [7, 11) is 1.74. The van der Waals surface area contributed by atoms with Crippen LogP contribution in [0.4, 0.5) is 0 Å². The first-order valence-corrected chi connectivity index (χ1v) is 6.42. The van der Waals surface area contributed by atoms with Crippen LogP contribution in [0.25, 0.3) is 0 Å². The Hall–Kier alpha value is -0.380. The topological polar surface area (TPSA) is 29.5 Å². The van der Waals surface area contributed by atoms with E-state index >= 15 is 0 Å². The van der Waals surface area contributed by atoms with E-state index in [1.165, 1.54) is 5.56 Å². The first-order chi connectivity index (χ1) is 7.22. The van der Waals surface area contributed by atoms with Gasteiger partial charge < -0.3 is 9.84 Å². The molecule has 1 aromatic heterocycles. The number of thiophene rings is 1. The minimum atomic E-state index is -0.542. The molecule has 1 N–H and O–H groups in total. The molecule has 1 aliphatic rings. The van der Waals surface area contributed by atoms with Gasteiger partial charge in [0.25, 0.3) is 0 Å². The van der Waals surface area contributed by atoms with Gasteiger partial charge in [-0.25, -0.2) is 0 Å². The summed E-state index contributed by atoms with van der Waals surface area (Å²) in [6.07, 6.45) is 4.85. The Morgan fingerprint density at radius 2 is 2.53 bits per heavy atom. The molecule has 0 aromatic carbocycles. The highest BCUT2D eigenvalue weighted by molar-refractivity contribution is 7.07. The van der Waals surface area contributed by atoms with Crippen LogP contribution in [0.1, 0.15) is 31.2 Å².